The van der Waals surface area contributed by atoms with Gasteiger partial charge in [-0.05, 0) is 37.2 Å². The standard InChI is InChI=1S/C14H22O/c1-6-9-15-10-11(2)13-8-7-12(3)14(13,4)5/h6-7,9,13H,2,8,10H2,1,3-5H3/t13-/m1/s1. The summed E-state index contributed by atoms with van der Waals surface area (Å²) in [4.78, 5) is 0. The van der Waals surface area contributed by atoms with Crippen molar-refractivity contribution in [2.24, 2.45) is 11.3 Å². The first-order valence-electron chi connectivity index (χ1n) is 5.57. The van der Waals surface area contributed by atoms with E-state index >= 15 is 0 Å². The van der Waals surface area contributed by atoms with E-state index in [9.17, 15) is 0 Å². The Hall–Kier alpha value is -0.980. The molecular formula is C14H22O. The van der Waals surface area contributed by atoms with Crippen LogP contribution in [0.5, 0.6) is 0 Å². The first-order valence-corrected chi connectivity index (χ1v) is 5.57. The third-order valence-electron chi connectivity index (χ3n) is 3.54. The van der Waals surface area contributed by atoms with Gasteiger partial charge in [-0.1, -0.05) is 38.2 Å². The smallest absolute Gasteiger partial charge is 0.108 e. The average Bonchev–Trinajstić information content (AvgIpc) is 2.42. The lowest BCUT2D eigenvalue weighted by Gasteiger charge is -2.31. The molecule has 0 aromatic heterocycles. The molecule has 0 saturated heterocycles. The first kappa shape index (κ1) is 12.1. The third-order valence-corrected chi connectivity index (χ3v) is 3.54. The van der Waals surface area contributed by atoms with Crippen molar-refractivity contribution < 1.29 is 4.74 Å². The largest absolute Gasteiger partial charge is 0.497 e. The van der Waals surface area contributed by atoms with Gasteiger partial charge in [-0.15, -0.1) is 0 Å². The molecule has 0 aromatic carbocycles. The van der Waals surface area contributed by atoms with Gasteiger partial charge in [0, 0.05) is 0 Å². The number of ether oxygens (including phenoxy) is 1. The molecule has 0 radical (unpaired) electrons. The Morgan fingerprint density at radius 1 is 1.67 bits per heavy atom. The molecule has 1 nitrogen and oxygen atoms in total. The zero-order valence-electron chi connectivity index (χ0n) is 10.3. The molecular weight excluding hydrogens is 184 g/mol. The molecule has 0 N–H and O–H groups in total. The van der Waals surface area contributed by atoms with Crippen molar-refractivity contribution in [3.8, 4) is 0 Å². The summed E-state index contributed by atoms with van der Waals surface area (Å²) in [5.41, 5.74) is 2.92. The zero-order valence-corrected chi connectivity index (χ0v) is 10.3. The van der Waals surface area contributed by atoms with E-state index in [2.05, 4.69) is 33.4 Å². The van der Waals surface area contributed by atoms with Gasteiger partial charge in [0.2, 0.25) is 0 Å². The second kappa shape index (κ2) is 4.69. The van der Waals surface area contributed by atoms with Crippen LogP contribution in [-0.4, -0.2) is 6.61 Å². The lowest BCUT2D eigenvalue weighted by Crippen LogP contribution is -2.23. The van der Waals surface area contributed by atoms with Crippen LogP contribution in [0.25, 0.3) is 0 Å². The molecule has 1 rings (SSSR count). The molecule has 84 valence electrons. The maximum Gasteiger partial charge on any atom is 0.108 e. The number of rotatable bonds is 4. The van der Waals surface area contributed by atoms with Crippen molar-refractivity contribution in [3.63, 3.8) is 0 Å². The quantitative estimate of drug-likeness (QED) is 0.497. The average molecular weight is 206 g/mol. The SMILES string of the molecule is C=C(COC=CC)[C@H]1CC=C(C)C1(C)C. The first-order chi connectivity index (χ1) is 7.00. The van der Waals surface area contributed by atoms with E-state index in [0.717, 1.165) is 6.42 Å². The predicted molar refractivity (Wildman–Crippen MR) is 65.6 cm³/mol. The Morgan fingerprint density at radius 3 is 2.80 bits per heavy atom. The summed E-state index contributed by atoms with van der Waals surface area (Å²) in [5.74, 6) is 0.530. The van der Waals surface area contributed by atoms with Crippen molar-refractivity contribution in [1.29, 1.82) is 0 Å². The van der Waals surface area contributed by atoms with Crippen molar-refractivity contribution in [2.45, 2.75) is 34.1 Å². The monoisotopic (exact) mass is 206 g/mol. The Bertz CT molecular complexity index is 294. The number of hydrogen-bond donors (Lipinski definition) is 0. The normalized spacial score (nSPS) is 24.3. The second-order valence-electron chi connectivity index (χ2n) is 4.84. The third kappa shape index (κ3) is 2.53. The van der Waals surface area contributed by atoms with Gasteiger partial charge in [-0.25, -0.2) is 0 Å². The van der Waals surface area contributed by atoms with Crippen LogP contribution in [0.1, 0.15) is 34.1 Å². The van der Waals surface area contributed by atoms with Crippen molar-refractivity contribution in [2.75, 3.05) is 6.61 Å². The van der Waals surface area contributed by atoms with Gasteiger partial charge < -0.3 is 4.74 Å². The highest BCUT2D eigenvalue weighted by atomic mass is 16.5. The molecule has 1 atom stereocenters. The molecule has 15 heavy (non-hydrogen) atoms. The molecule has 0 fully saturated rings. The van der Waals surface area contributed by atoms with E-state index in [1.54, 1.807) is 6.26 Å². The summed E-state index contributed by atoms with van der Waals surface area (Å²) >= 11 is 0. The summed E-state index contributed by atoms with van der Waals surface area (Å²) in [5, 5.41) is 0. The molecule has 1 aliphatic carbocycles. The van der Waals surface area contributed by atoms with Crippen molar-refractivity contribution >= 4 is 0 Å². The van der Waals surface area contributed by atoms with E-state index in [-0.39, 0.29) is 5.41 Å². The molecule has 0 amide bonds. The van der Waals surface area contributed by atoms with Crippen LogP contribution in [-0.2, 0) is 4.74 Å². The Kier molecular flexibility index (Phi) is 3.78. The second-order valence-corrected chi connectivity index (χ2v) is 4.84. The summed E-state index contributed by atoms with van der Waals surface area (Å²) in [6, 6.07) is 0. The van der Waals surface area contributed by atoms with Crippen LogP contribution in [0, 0.1) is 11.3 Å². The van der Waals surface area contributed by atoms with Crippen LogP contribution in [0.2, 0.25) is 0 Å². The predicted octanol–water partition coefficient (Wildman–Crippen LogP) is 4.09. The molecule has 1 heteroatoms. The fourth-order valence-corrected chi connectivity index (χ4v) is 2.16. The van der Waals surface area contributed by atoms with Crippen LogP contribution in [0.3, 0.4) is 0 Å². The van der Waals surface area contributed by atoms with Gasteiger partial charge in [0.1, 0.15) is 6.61 Å². The molecule has 0 unspecified atom stereocenters. The molecule has 1 aliphatic rings. The van der Waals surface area contributed by atoms with E-state index in [1.807, 2.05) is 13.0 Å². The molecule has 0 aliphatic heterocycles. The highest BCUT2D eigenvalue weighted by Gasteiger charge is 2.36. The van der Waals surface area contributed by atoms with E-state index in [4.69, 9.17) is 4.74 Å². The summed E-state index contributed by atoms with van der Waals surface area (Å²) in [7, 11) is 0. The number of allylic oxidation sites excluding steroid dienone is 3. The van der Waals surface area contributed by atoms with Gasteiger partial charge in [-0.2, -0.15) is 0 Å². The van der Waals surface area contributed by atoms with Crippen LogP contribution < -0.4 is 0 Å². The number of hydrogen-bond acceptors (Lipinski definition) is 1. The Labute approximate surface area is 93.5 Å². The minimum absolute atomic E-state index is 0.246. The summed E-state index contributed by atoms with van der Waals surface area (Å²) in [6.07, 6.45) is 7.06. The fraction of sp³-hybridized carbons (Fsp3) is 0.571. The summed E-state index contributed by atoms with van der Waals surface area (Å²) < 4.78 is 5.38. The van der Waals surface area contributed by atoms with Crippen molar-refractivity contribution in [3.05, 3.63) is 36.1 Å². The molecule has 0 aromatic rings. The fourth-order valence-electron chi connectivity index (χ4n) is 2.16. The van der Waals surface area contributed by atoms with Gasteiger partial charge >= 0.3 is 0 Å². The minimum atomic E-state index is 0.246. The van der Waals surface area contributed by atoms with E-state index in [0.29, 0.717) is 12.5 Å². The molecule has 0 heterocycles. The van der Waals surface area contributed by atoms with Crippen LogP contribution in [0.4, 0.5) is 0 Å². The van der Waals surface area contributed by atoms with E-state index < -0.39 is 0 Å². The maximum atomic E-state index is 5.38. The molecule has 0 saturated carbocycles. The topological polar surface area (TPSA) is 9.23 Å². The highest BCUT2D eigenvalue weighted by Crippen LogP contribution is 2.46. The lowest BCUT2D eigenvalue weighted by atomic mass is 9.74. The van der Waals surface area contributed by atoms with E-state index in [1.165, 1.54) is 11.1 Å². The lowest BCUT2D eigenvalue weighted by molar-refractivity contribution is 0.241. The Morgan fingerprint density at radius 2 is 2.33 bits per heavy atom. The van der Waals surface area contributed by atoms with Gasteiger partial charge in [0.15, 0.2) is 0 Å². The van der Waals surface area contributed by atoms with Crippen LogP contribution >= 0.6 is 0 Å². The van der Waals surface area contributed by atoms with Crippen molar-refractivity contribution in [1.82, 2.24) is 0 Å². The zero-order chi connectivity index (χ0) is 11.5. The highest BCUT2D eigenvalue weighted by molar-refractivity contribution is 5.25. The summed E-state index contributed by atoms with van der Waals surface area (Å²) in [6.45, 7) is 13.5. The van der Waals surface area contributed by atoms with Crippen LogP contribution in [0.15, 0.2) is 36.1 Å². The Balaban J connectivity index is 2.56. The molecule has 0 spiro atoms. The minimum Gasteiger partial charge on any atom is -0.497 e. The van der Waals surface area contributed by atoms with Gasteiger partial charge in [0.05, 0.1) is 6.26 Å². The molecule has 0 bridgehead atoms. The van der Waals surface area contributed by atoms with Gasteiger partial charge in [-0.3, -0.25) is 0 Å². The maximum absolute atomic E-state index is 5.38. The van der Waals surface area contributed by atoms with Gasteiger partial charge in [0.25, 0.3) is 0 Å².